The van der Waals surface area contributed by atoms with Gasteiger partial charge in [0.15, 0.2) is 0 Å². The summed E-state index contributed by atoms with van der Waals surface area (Å²) >= 11 is 0. The number of amides is 4. The van der Waals surface area contributed by atoms with Gasteiger partial charge in [0.05, 0.1) is 22.9 Å². The molecule has 4 saturated heterocycles. The third-order valence-corrected chi connectivity index (χ3v) is 13.3. The van der Waals surface area contributed by atoms with Gasteiger partial charge in [-0.1, -0.05) is 12.1 Å². The van der Waals surface area contributed by atoms with Crippen LogP contribution in [0, 0.1) is 23.7 Å². The van der Waals surface area contributed by atoms with Crippen LogP contribution in [0.5, 0.6) is 5.75 Å². The number of fused-ring (bicyclic) bond motifs is 3. The van der Waals surface area contributed by atoms with Gasteiger partial charge < -0.3 is 36.6 Å². The third kappa shape index (κ3) is 6.69. The molecule has 14 nitrogen and oxygen atoms in total. The number of phenolic OH excluding ortho intramolecular Hbond substituents is 1. The SMILES string of the molecule is NC1=C(/C=C(\N)c2ccccc2O)N2CCN(CC3C4CCN(CC5CCN(c6ccc7c(c6)C(=O)N(C6CCC(=O)NC6=O)C7=O)CC5)CC43)CC2CN1. The molecule has 1 aliphatic carbocycles. The second-order valence-electron chi connectivity index (χ2n) is 16.6. The highest BCUT2D eigenvalue weighted by atomic mass is 16.3. The number of hydrogen-bond acceptors (Lipinski definition) is 12. The zero-order valence-electron chi connectivity index (χ0n) is 31.2. The molecule has 7 aliphatic rings. The van der Waals surface area contributed by atoms with Gasteiger partial charge in [-0.3, -0.25) is 34.3 Å². The number of carbonyl (C=O) groups excluding carboxylic acids is 4. The van der Waals surface area contributed by atoms with Crippen molar-refractivity contribution in [2.45, 2.75) is 44.2 Å². The Morgan fingerprint density at radius 1 is 0.855 bits per heavy atom. The molecule has 6 heterocycles. The number of allylic oxidation sites excluding steroid dienone is 1. The standard InChI is InChI=1S/C41H51N9O5/c42-33(29-3-1-2-4-36(29)51)18-35-38(43)44-19-26-21-47(15-16-49(26)35)23-32-27-11-12-46(22-31(27)32)20-24-9-13-48(14-10-24)25-5-6-28-30(17-25)41(55)50(40(28)54)34-7-8-37(52)45-39(34)53/h1-6,17-18,24,26-27,31-32,34,44,51H,7-16,19-23,42-43H2,(H,45,52,53)/b33-18-. The number of nitrogens with two attached hydrogens (primary N) is 2. The Labute approximate surface area is 321 Å². The lowest BCUT2D eigenvalue weighted by Crippen LogP contribution is -2.59. The summed E-state index contributed by atoms with van der Waals surface area (Å²) in [6, 6.07) is 11.9. The fraction of sp³-hybridized carbons (Fsp3) is 0.512. The highest BCUT2D eigenvalue weighted by Crippen LogP contribution is 2.52. The van der Waals surface area contributed by atoms with Crippen LogP contribution in [0.1, 0.15) is 58.4 Å². The molecule has 0 bridgehead atoms. The van der Waals surface area contributed by atoms with Gasteiger partial charge in [0.1, 0.15) is 17.6 Å². The van der Waals surface area contributed by atoms with Gasteiger partial charge in [-0.05, 0) is 92.3 Å². The summed E-state index contributed by atoms with van der Waals surface area (Å²) in [4.78, 5) is 61.7. The van der Waals surface area contributed by atoms with Crippen molar-refractivity contribution in [1.29, 1.82) is 0 Å². The van der Waals surface area contributed by atoms with Crippen molar-refractivity contribution in [3.8, 4) is 5.75 Å². The fourth-order valence-corrected chi connectivity index (χ4v) is 10.2. The van der Waals surface area contributed by atoms with Crippen LogP contribution in [0.2, 0.25) is 0 Å². The van der Waals surface area contributed by atoms with Crippen molar-refractivity contribution in [2.24, 2.45) is 35.1 Å². The largest absolute Gasteiger partial charge is 0.507 e. The van der Waals surface area contributed by atoms with Gasteiger partial charge in [-0.15, -0.1) is 0 Å². The molecule has 5 unspecified atom stereocenters. The first-order chi connectivity index (χ1) is 26.6. The smallest absolute Gasteiger partial charge is 0.262 e. The van der Waals surface area contributed by atoms with Gasteiger partial charge in [0.25, 0.3) is 11.8 Å². The van der Waals surface area contributed by atoms with E-state index in [1.165, 1.54) is 19.5 Å². The van der Waals surface area contributed by atoms with E-state index in [-0.39, 0.29) is 24.5 Å². The maximum atomic E-state index is 13.4. The lowest BCUT2D eigenvalue weighted by Gasteiger charge is -2.46. The van der Waals surface area contributed by atoms with Gasteiger partial charge in [-0.25, -0.2) is 0 Å². The molecule has 2 aromatic carbocycles. The molecule has 0 aromatic heterocycles. The minimum Gasteiger partial charge on any atom is -0.507 e. The predicted molar refractivity (Wildman–Crippen MR) is 206 cm³/mol. The van der Waals surface area contributed by atoms with Crippen LogP contribution in [-0.2, 0) is 9.59 Å². The molecular weight excluding hydrogens is 699 g/mol. The van der Waals surface area contributed by atoms with Crippen LogP contribution in [0.15, 0.2) is 60.1 Å². The number of anilines is 1. The Hall–Kier alpha value is -5.08. The molecule has 290 valence electrons. The lowest BCUT2D eigenvalue weighted by molar-refractivity contribution is -0.136. The van der Waals surface area contributed by atoms with Crippen LogP contribution in [0.4, 0.5) is 5.69 Å². The van der Waals surface area contributed by atoms with E-state index < -0.39 is 23.8 Å². The summed E-state index contributed by atoms with van der Waals surface area (Å²) in [7, 11) is 0. The zero-order chi connectivity index (χ0) is 38.0. The van der Waals surface area contributed by atoms with Crippen LogP contribution < -0.4 is 27.0 Å². The summed E-state index contributed by atoms with van der Waals surface area (Å²) in [6.07, 6.45) is 5.58. The number of aromatic hydroxyl groups is 1. The van der Waals surface area contributed by atoms with Crippen LogP contribution >= 0.6 is 0 Å². The Morgan fingerprint density at radius 3 is 2.44 bits per heavy atom. The van der Waals surface area contributed by atoms with Crippen LogP contribution in [0.25, 0.3) is 5.70 Å². The van der Waals surface area contributed by atoms with Crippen molar-refractivity contribution in [3.63, 3.8) is 0 Å². The van der Waals surface area contributed by atoms with E-state index >= 15 is 0 Å². The van der Waals surface area contributed by atoms with E-state index in [9.17, 15) is 24.3 Å². The molecule has 2 aromatic rings. The molecule has 6 aliphatic heterocycles. The first-order valence-electron chi connectivity index (χ1n) is 19.9. The Bertz CT molecular complexity index is 1970. The summed E-state index contributed by atoms with van der Waals surface area (Å²) in [5.41, 5.74) is 16.5. The highest BCUT2D eigenvalue weighted by Gasteiger charge is 2.53. The minimum absolute atomic E-state index is 0.106. The molecule has 1 saturated carbocycles. The molecule has 9 rings (SSSR count). The first kappa shape index (κ1) is 35.6. The average Bonchev–Trinajstić information content (AvgIpc) is 3.80. The second-order valence-corrected chi connectivity index (χ2v) is 16.6. The second kappa shape index (κ2) is 14.2. The van der Waals surface area contributed by atoms with Crippen LogP contribution in [-0.4, -0.2) is 126 Å². The number of benzene rings is 2. The van der Waals surface area contributed by atoms with E-state index in [1.807, 2.05) is 24.3 Å². The zero-order valence-corrected chi connectivity index (χ0v) is 31.2. The lowest BCUT2D eigenvalue weighted by atomic mass is 9.94. The van der Waals surface area contributed by atoms with Gasteiger partial charge in [-0.2, -0.15) is 0 Å². The van der Waals surface area contributed by atoms with E-state index in [2.05, 4.69) is 30.2 Å². The highest BCUT2D eigenvalue weighted by molar-refractivity contribution is 6.23. The van der Waals surface area contributed by atoms with E-state index in [0.717, 1.165) is 99.2 Å². The first-order valence-corrected chi connectivity index (χ1v) is 19.9. The number of likely N-dealkylation sites (tertiary alicyclic amines) is 1. The predicted octanol–water partition coefficient (Wildman–Crippen LogP) is 1.29. The average molecular weight is 750 g/mol. The van der Waals surface area contributed by atoms with E-state index in [1.54, 1.807) is 24.3 Å². The molecule has 5 atom stereocenters. The Balaban J connectivity index is 0.743. The molecule has 0 spiro atoms. The number of imide groups is 2. The summed E-state index contributed by atoms with van der Waals surface area (Å²) < 4.78 is 0. The molecule has 5 fully saturated rings. The Morgan fingerprint density at radius 2 is 1.64 bits per heavy atom. The summed E-state index contributed by atoms with van der Waals surface area (Å²) in [5.74, 6) is 1.87. The van der Waals surface area contributed by atoms with Crippen molar-refractivity contribution >= 4 is 35.0 Å². The normalized spacial score (nSPS) is 29.2. The van der Waals surface area contributed by atoms with Crippen molar-refractivity contribution in [2.75, 3.05) is 70.3 Å². The molecular formula is C41H51N9O5. The van der Waals surface area contributed by atoms with E-state index in [0.29, 0.717) is 40.2 Å². The minimum atomic E-state index is -0.955. The summed E-state index contributed by atoms with van der Waals surface area (Å²) in [6.45, 7) is 10.1. The van der Waals surface area contributed by atoms with Crippen molar-refractivity contribution in [1.82, 2.24) is 30.2 Å². The quantitative estimate of drug-likeness (QED) is 0.245. The number of nitrogens with zero attached hydrogens (tertiary/aromatic N) is 5. The molecule has 7 N–H and O–H groups in total. The number of hydrogen-bond donors (Lipinski definition) is 5. The topological polar surface area (TPSA) is 181 Å². The van der Waals surface area contributed by atoms with Crippen LogP contribution in [0.3, 0.4) is 0 Å². The van der Waals surface area contributed by atoms with E-state index in [4.69, 9.17) is 11.5 Å². The van der Waals surface area contributed by atoms with Gasteiger partial charge >= 0.3 is 0 Å². The molecule has 14 heteroatoms. The summed E-state index contributed by atoms with van der Waals surface area (Å²) in [5, 5.41) is 16.0. The van der Waals surface area contributed by atoms with Crippen molar-refractivity contribution in [3.05, 3.63) is 76.7 Å². The maximum Gasteiger partial charge on any atom is 0.262 e. The molecule has 55 heavy (non-hydrogen) atoms. The molecule has 0 radical (unpaired) electrons. The number of rotatable bonds is 8. The number of para-hydroxylation sites is 1. The van der Waals surface area contributed by atoms with Gasteiger partial charge in [0.2, 0.25) is 11.8 Å². The van der Waals surface area contributed by atoms with Crippen molar-refractivity contribution < 1.29 is 24.3 Å². The number of phenols is 1. The monoisotopic (exact) mass is 749 g/mol. The number of carbonyl (C=O) groups is 4. The number of nitrogens with one attached hydrogen (secondary N) is 2. The molecule has 4 amide bonds. The fourth-order valence-electron chi connectivity index (χ4n) is 10.2. The van der Waals surface area contributed by atoms with Gasteiger partial charge in [0, 0.05) is 82.3 Å². The Kier molecular flexibility index (Phi) is 9.20. The number of piperazine rings is 1. The number of piperidine rings is 3. The third-order valence-electron chi connectivity index (χ3n) is 13.3. The maximum absolute atomic E-state index is 13.4.